The Balaban J connectivity index is 1.54. The zero-order valence-corrected chi connectivity index (χ0v) is 21.1. The molecule has 2 heterocycles. The molecule has 2 atom stereocenters. The molecule has 0 aliphatic carbocycles. The molecule has 3 aromatic carbocycles. The lowest BCUT2D eigenvalue weighted by atomic mass is 9.86. The largest absolute Gasteiger partial charge is 0.493 e. The van der Waals surface area contributed by atoms with E-state index in [1.165, 1.54) is 5.56 Å². The number of hydrogen-bond acceptors (Lipinski definition) is 5. The molecule has 2 aliphatic rings. The summed E-state index contributed by atoms with van der Waals surface area (Å²) in [5, 5.41) is 10.8. The maximum Gasteiger partial charge on any atom is 0.345 e. The van der Waals surface area contributed by atoms with E-state index in [-0.39, 0.29) is 11.7 Å². The molecule has 0 saturated heterocycles. The molecule has 0 spiro atoms. The van der Waals surface area contributed by atoms with Gasteiger partial charge < -0.3 is 19.5 Å². The molecule has 0 fully saturated rings. The average Bonchev–Trinajstić information content (AvgIpc) is 3.24. The third-order valence-electron chi connectivity index (χ3n) is 6.53. The van der Waals surface area contributed by atoms with Gasteiger partial charge in [-0.15, -0.1) is 0 Å². The number of carbonyl (C=O) groups is 1. The summed E-state index contributed by atoms with van der Waals surface area (Å²) < 4.78 is 12.7. The number of halogens is 2. The number of aliphatic hydroxyl groups excluding tert-OH is 1. The van der Waals surface area contributed by atoms with Crippen LogP contribution >= 0.6 is 27.5 Å². The van der Waals surface area contributed by atoms with E-state index >= 15 is 0 Å². The lowest BCUT2D eigenvalue weighted by Gasteiger charge is -2.24. The minimum atomic E-state index is -1.39. The quantitative estimate of drug-likeness (QED) is 0.358. The van der Waals surface area contributed by atoms with Crippen molar-refractivity contribution in [1.29, 1.82) is 0 Å². The van der Waals surface area contributed by atoms with Gasteiger partial charge >= 0.3 is 5.97 Å². The molecule has 176 valence electrons. The summed E-state index contributed by atoms with van der Waals surface area (Å²) in [5.74, 6) is 0.451. The van der Waals surface area contributed by atoms with E-state index in [1.54, 1.807) is 24.3 Å². The standard InChI is InChI=1S/C27H25BrClNO4/c1-30-9-7-17-12-23(29)24(34-27(32)25(31)16-5-3-2-4-6-16)14-20(17)22(15-30)21-13-19(28)11-18-8-10-33-26(18)21/h2-6,11-14,22,25,31H,7-10,15H2,1H3/t22-,25+/m0/s1. The van der Waals surface area contributed by atoms with E-state index in [9.17, 15) is 9.90 Å². The van der Waals surface area contributed by atoms with Gasteiger partial charge in [0, 0.05) is 35.5 Å². The topological polar surface area (TPSA) is 59.0 Å². The Kier molecular flexibility index (Phi) is 6.67. The number of fused-ring (bicyclic) bond motifs is 2. The Morgan fingerprint density at radius 2 is 1.94 bits per heavy atom. The molecular weight excluding hydrogens is 518 g/mol. The first-order valence-corrected chi connectivity index (χ1v) is 12.5. The van der Waals surface area contributed by atoms with Gasteiger partial charge in [0.1, 0.15) is 11.5 Å². The van der Waals surface area contributed by atoms with Crippen LogP contribution in [0, 0.1) is 0 Å². The smallest absolute Gasteiger partial charge is 0.345 e. The molecule has 0 saturated carbocycles. The summed E-state index contributed by atoms with van der Waals surface area (Å²) >= 11 is 10.2. The molecule has 34 heavy (non-hydrogen) atoms. The van der Waals surface area contributed by atoms with Crippen molar-refractivity contribution >= 4 is 33.5 Å². The zero-order chi connectivity index (χ0) is 23.8. The van der Waals surface area contributed by atoms with Gasteiger partial charge in [-0.3, -0.25) is 0 Å². The maximum atomic E-state index is 12.7. The van der Waals surface area contributed by atoms with Crippen LogP contribution in [0.3, 0.4) is 0 Å². The number of nitrogens with zero attached hydrogens (tertiary/aromatic N) is 1. The van der Waals surface area contributed by atoms with E-state index in [1.807, 2.05) is 18.2 Å². The number of carbonyl (C=O) groups excluding carboxylic acids is 1. The van der Waals surface area contributed by atoms with Crippen molar-refractivity contribution < 1.29 is 19.4 Å². The summed E-state index contributed by atoms with van der Waals surface area (Å²) in [5.41, 5.74) is 4.96. The molecule has 5 nitrogen and oxygen atoms in total. The SMILES string of the molecule is CN1CCc2cc(Cl)c(OC(=O)[C@H](O)c3ccccc3)cc2[C@@H](c2cc(Br)cc3c2OCC3)C1. The molecule has 2 aliphatic heterocycles. The normalized spacial score (nSPS) is 18.4. The van der Waals surface area contributed by atoms with Crippen molar-refractivity contribution in [3.8, 4) is 11.5 Å². The lowest BCUT2D eigenvalue weighted by molar-refractivity contribution is -0.144. The number of esters is 1. The highest BCUT2D eigenvalue weighted by Gasteiger charge is 2.30. The number of hydrogen-bond donors (Lipinski definition) is 1. The van der Waals surface area contributed by atoms with Crippen LogP contribution in [0.25, 0.3) is 0 Å². The second-order valence-electron chi connectivity index (χ2n) is 8.86. The van der Waals surface area contributed by atoms with Gasteiger partial charge in [0.25, 0.3) is 0 Å². The minimum absolute atomic E-state index is 0.0145. The number of benzene rings is 3. The van der Waals surface area contributed by atoms with Crippen LogP contribution in [0.4, 0.5) is 0 Å². The first-order chi connectivity index (χ1) is 16.4. The number of rotatable bonds is 4. The van der Waals surface area contributed by atoms with Gasteiger partial charge in [-0.2, -0.15) is 0 Å². The molecule has 3 aromatic rings. The highest BCUT2D eigenvalue weighted by molar-refractivity contribution is 9.10. The summed E-state index contributed by atoms with van der Waals surface area (Å²) in [6, 6.07) is 16.7. The van der Waals surface area contributed by atoms with Crippen molar-refractivity contribution in [1.82, 2.24) is 4.90 Å². The van der Waals surface area contributed by atoms with E-state index in [4.69, 9.17) is 21.1 Å². The van der Waals surface area contributed by atoms with Gasteiger partial charge in [0.2, 0.25) is 0 Å². The van der Waals surface area contributed by atoms with Crippen molar-refractivity contribution in [2.24, 2.45) is 0 Å². The van der Waals surface area contributed by atoms with E-state index in [0.717, 1.165) is 52.8 Å². The third kappa shape index (κ3) is 4.60. The fraction of sp³-hybridized carbons (Fsp3) is 0.296. The van der Waals surface area contributed by atoms with Crippen molar-refractivity contribution in [3.05, 3.63) is 91.9 Å². The second kappa shape index (κ2) is 9.70. The van der Waals surface area contributed by atoms with E-state index in [2.05, 4.69) is 40.0 Å². The Bertz CT molecular complexity index is 1230. The summed E-state index contributed by atoms with van der Waals surface area (Å²) in [7, 11) is 2.11. The number of aliphatic hydroxyl groups is 1. The first-order valence-electron chi connectivity index (χ1n) is 11.3. The van der Waals surface area contributed by atoms with Crippen molar-refractivity contribution in [2.45, 2.75) is 24.9 Å². The molecule has 0 amide bonds. The fourth-order valence-corrected chi connectivity index (χ4v) is 5.55. The Morgan fingerprint density at radius 3 is 2.74 bits per heavy atom. The molecule has 0 aromatic heterocycles. The second-order valence-corrected chi connectivity index (χ2v) is 10.2. The van der Waals surface area contributed by atoms with Crippen molar-refractivity contribution in [2.75, 3.05) is 26.7 Å². The van der Waals surface area contributed by atoms with Crippen LogP contribution in [0.5, 0.6) is 11.5 Å². The Hall–Kier alpha value is -2.38. The number of likely N-dealkylation sites (N-methyl/N-ethyl adjacent to an activating group) is 1. The molecule has 0 radical (unpaired) electrons. The van der Waals surface area contributed by atoms with Crippen LogP contribution in [0.1, 0.15) is 39.8 Å². The van der Waals surface area contributed by atoms with E-state index in [0.29, 0.717) is 17.2 Å². The third-order valence-corrected chi connectivity index (χ3v) is 7.28. The summed E-state index contributed by atoms with van der Waals surface area (Å²) in [6.07, 6.45) is 0.331. The summed E-state index contributed by atoms with van der Waals surface area (Å²) in [4.78, 5) is 15.0. The fourth-order valence-electron chi connectivity index (χ4n) is 4.80. The van der Waals surface area contributed by atoms with Crippen LogP contribution < -0.4 is 9.47 Å². The molecule has 0 bridgehead atoms. The van der Waals surface area contributed by atoms with E-state index < -0.39 is 12.1 Å². The first kappa shape index (κ1) is 23.4. The summed E-state index contributed by atoms with van der Waals surface area (Å²) in [6.45, 7) is 2.36. The average molecular weight is 543 g/mol. The molecular formula is C27H25BrClNO4. The van der Waals surface area contributed by atoms with Crippen LogP contribution in [0.15, 0.2) is 59.1 Å². The molecule has 5 rings (SSSR count). The monoisotopic (exact) mass is 541 g/mol. The predicted octanol–water partition coefficient (Wildman–Crippen LogP) is 5.30. The highest BCUT2D eigenvalue weighted by Crippen LogP contribution is 2.44. The molecule has 0 unspecified atom stereocenters. The van der Waals surface area contributed by atoms with Gasteiger partial charge in [0.05, 0.1) is 11.6 Å². The molecule has 7 heteroatoms. The van der Waals surface area contributed by atoms with Crippen LogP contribution in [-0.4, -0.2) is 42.7 Å². The predicted molar refractivity (Wildman–Crippen MR) is 135 cm³/mol. The maximum absolute atomic E-state index is 12.7. The van der Waals surface area contributed by atoms with Crippen LogP contribution in [0.2, 0.25) is 5.02 Å². The zero-order valence-electron chi connectivity index (χ0n) is 18.8. The van der Waals surface area contributed by atoms with Gasteiger partial charge in [-0.1, -0.05) is 57.9 Å². The lowest BCUT2D eigenvalue weighted by Crippen LogP contribution is -2.24. The number of ether oxygens (including phenoxy) is 2. The highest BCUT2D eigenvalue weighted by atomic mass is 79.9. The molecule has 1 N–H and O–H groups in total. The Labute approximate surface area is 212 Å². The van der Waals surface area contributed by atoms with Crippen molar-refractivity contribution in [3.63, 3.8) is 0 Å². The minimum Gasteiger partial charge on any atom is -0.493 e. The van der Waals surface area contributed by atoms with Gasteiger partial charge in [-0.25, -0.2) is 4.79 Å². The Morgan fingerprint density at radius 1 is 1.15 bits per heavy atom. The van der Waals surface area contributed by atoms with Gasteiger partial charge in [-0.05, 0) is 60.0 Å². The van der Waals surface area contributed by atoms with Crippen LogP contribution in [-0.2, 0) is 17.6 Å². The van der Waals surface area contributed by atoms with Gasteiger partial charge in [0.15, 0.2) is 6.10 Å².